The second-order valence-electron chi connectivity index (χ2n) is 3.43. The van der Waals surface area contributed by atoms with Gasteiger partial charge in [0.05, 0.1) is 5.02 Å². The van der Waals surface area contributed by atoms with Crippen LogP contribution in [0.1, 0.15) is 18.9 Å². The molecule has 0 saturated heterocycles. The van der Waals surface area contributed by atoms with Gasteiger partial charge in [-0.1, -0.05) is 37.1 Å². The van der Waals surface area contributed by atoms with Crippen molar-refractivity contribution in [2.45, 2.75) is 19.8 Å². The van der Waals surface area contributed by atoms with E-state index in [9.17, 15) is 4.39 Å². The molecule has 0 bridgehead atoms. The fraction of sp³-hybridized carbons (Fsp3) is 0.455. The Labute approximate surface area is 89.1 Å². The first-order valence-corrected chi connectivity index (χ1v) is 5.19. The third-order valence-corrected chi connectivity index (χ3v) is 2.87. The molecule has 0 aliphatic carbocycles. The van der Waals surface area contributed by atoms with Crippen molar-refractivity contribution >= 4 is 11.6 Å². The van der Waals surface area contributed by atoms with Gasteiger partial charge in [-0.3, -0.25) is 0 Å². The highest BCUT2D eigenvalue weighted by atomic mass is 35.5. The highest BCUT2D eigenvalue weighted by Gasteiger charge is 2.10. The average Bonchev–Trinajstić information content (AvgIpc) is 2.20. The number of halogens is 2. The summed E-state index contributed by atoms with van der Waals surface area (Å²) in [6, 6.07) is 4.90. The van der Waals surface area contributed by atoms with E-state index in [1.165, 1.54) is 6.07 Å². The molecule has 14 heavy (non-hydrogen) atoms. The van der Waals surface area contributed by atoms with Crippen LogP contribution in [0.4, 0.5) is 4.39 Å². The molecule has 0 aliphatic heterocycles. The summed E-state index contributed by atoms with van der Waals surface area (Å²) in [4.78, 5) is 0. The Hall–Kier alpha value is -0.600. The second-order valence-corrected chi connectivity index (χ2v) is 3.81. The van der Waals surface area contributed by atoms with Gasteiger partial charge in [-0.2, -0.15) is 0 Å². The minimum atomic E-state index is -0.351. The Kier molecular flexibility index (Phi) is 4.36. The summed E-state index contributed by atoms with van der Waals surface area (Å²) in [5.74, 6) is 0.0327. The molecule has 0 amide bonds. The smallest absolute Gasteiger partial charge is 0.142 e. The second kappa shape index (κ2) is 5.32. The number of nitrogens with two attached hydrogens (primary N) is 1. The number of benzene rings is 1. The van der Waals surface area contributed by atoms with Crippen molar-refractivity contribution in [3.63, 3.8) is 0 Å². The first kappa shape index (κ1) is 11.5. The monoisotopic (exact) mass is 215 g/mol. The molecule has 78 valence electrons. The van der Waals surface area contributed by atoms with Gasteiger partial charge in [0.25, 0.3) is 0 Å². The number of rotatable bonds is 4. The highest BCUT2D eigenvalue weighted by molar-refractivity contribution is 6.31. The van der Waals surface area contributed by atoms with E-state index in [0.717, 1.165) is 18.4 Å². The van der Waals surface area contributed by atoms with Gasteiger partial charge in [-0.15, -0.1) is 0 Å². The zero-order chi connectivity index (χ0) is 10.6. The van der Waals surface area contributed by atoms with Crippen molar-refractivity contribution in [1.29, 1.82) is 0 Å². The van der Waals surface area contributed by atoms with Crippen molar-refractivity contribution in [2.75, 3.05) is 6.54 Å². The lowest BCUT2D eigenvalue weighted by atomic mass is 9.97. The van der Waals surface area contributed by atoms with Crippen molar-refractivity contribution in [3.05, 3.63) is 34.6 Å². The Morgan fingerprint density at radius 2 is 2.21 bits per heavy atom. The Morgan fingerprint density at radius 1 is 1.50 bits per heavy atom. The molecule has 2 N–H and O–H groups in total. The zero-order valence-corrected chi connectivity index (χ0v) is 9.02. The summed E-state index contributed by atoms with van der Waals surface area (Å²) in [6.07, 6.45) is 1.74. The third kappa shape index (κ3) is 2.69. The standard InChI is InChI=1S/C11H15ClFN/c1-2-8(7-14)6-9-4-3-5-10(13)11(9)12/h3-5,8H,2,6-7,14H2,1H3. The Bertz CT molecular complexity index is 297. The minimum Gasteiger partial charge on any atom is -0.330 e. The lowest BCUT2D eigenvalue weighted by Gasteiger charge is -2.13. The van der Waals surface area contributed by atoms with Crippen LogP contribution in [0.5, 0.6) is 0 Å². The quantitative estimate of drug-likeness (QED) is 0.821. The summed E-state index contributed by atoms with van der Waals surface area (Å²) in [7, 11) is 0. The van der Waals surface area contributed by atoms with Crippen LogP contribution in [0.3, 0.4) is 0 Å². The molecule has 1 aromatic rings. The summed E-state index contributed by atoms with van der Waals surface area (Å²) in [5.41, 5.74) is 6.43. The zero-order valence-electron chi connectivity index (χ0n) is 8.26. The average molecular weight is 216 g/mol. The summed E-state index contributed by atoms with van der Waals surface area (Å²) in [5, 5.41) is 0.236. The molecule has 0 aliphatic rings. The molecule has 1 rings (SSSR count). The lowest BCUT2D eigenvalue weighted by molar-refractivity contribution is 0.516. The predicted octanol–water partition coefficient (Wildman–Crippen LogP) is 3.01. The molecular weight excluding hydrogens is 201 g/mol. The number of hydrogen-bond donors (Lipinski definition) is 1. The number of hydrogen-bond acceptors (Lipinski definition) is 1. The maximum atomic E-state index is 13.1. The molecule has 0 fully saturated rings. The van der Waals surface area contributed by atoms with Gasteiger partial charge in [0, 0.05) is 0 Å². The van der Waals surface area contributed by atoms with E-state index in [-0.39, 0.29) is 10.8 Å². The van der Waals surface area contributed by atoms with E-state index in [4.69, 9.17) is 17.3 Å². The summed E-state index contributed by atoms with van der Waals surface area (Å²) < 4.78 is 13.1. The molecule has 0 radical (unpaired) electrons. The van der Waals surface area contributed by atoms with E-state index in [1.54, 1.807) is 6.07 Å². The normalized spacial score (nSPS) is 12.9. The minimum absolute atomic E-state index is 0.236. The van der Waals surface area contributed by atoms with Crippen LogP contribution in [0.25, 0.3) is 0 Å². The molecule has 0 saturated carbocycles. The Morgan fingerprint density at radius 3 is 2.79 bits per heavy atom. The van der Waals surface area contributed by atoms with Gasteiger partial charge in [0.1, 0.15) is 5.82 Å². The molecule has 1 atom stereocenters. The first-order valence-electron chi connectivity index (χ1n) is 4.82. The SMILES string of the molecule is CCC(CN)Cc1cccc(F)c1Cl. The van der Waals surface area contributed by atoms with Crippen molar-refractivity contribution in [3.8, 4) is 0 Å². The van der Waals surface area contributed by atoms with Crippen LogP contribution in [0, 0.1) is 11.7 Å². The summed E-state index contributed by atoms with van der Waals surface area (Å²) >= 11 is 5.84. The summed E-state index contributed by atoms with van der Waals surface area (Å²) in [6.45, 7) is 2.69. The molecule has 1 unspecified atom stereocenters. The van der Waals surface area contributed by atoms with Crippen LogP contribution in [0.2, 0.25) is 5.02 Å². The van der Waals surface area contributed by atoms with Crippen LogP contribution in [0.15, 0.2) is 18.2 Å². The van der Waals surface area contributed by atoms with Gasteiger partial charge in [0.15, 0.2) is 0 Å². The van der Waals surface area contributed by atoms with E-state index < -0.39 is 0 Å². The van der Waals surface area contributed by atoms with Crippen LogP contribution >= 0.6 is 11.6 Å². The van der Waals surface area contributed by atoms with Crippen molar-refractivity contribution in [1.82, 2.24) is 0 Å². The maximum Gasteiger partial charge on any atom is 0.142 e. The van der Waals surface area contributed by atoms with E-state index >= 15 is 0 Å². The maximum absolute atomic E-state index is 13.1. The van der Waals surface area contributed by atoms with Gasteiger partial charge in [-0.05, 0) is 30.5 Å². The van der Waals surface area contributed by atoms with Crippen LogP contribution < -0.4 is 5.73 Å². The third-order valence-electron chi connectivity index (χ3n) is 2.45. The largest absolute Gasteiger partial charge is 0.330 e. The first-order chi connectivity index (χ1) is 6.69. The van der Waals surface area contributed by atoms with E-state index in [2.05, 4.69) is 6.92 Å². The van der Waals surface area contributed by atoms with Gasteiger partial charge < -0.3 is 5.73 Å². The van der Waals surface area contributed by atoms with E-state index in [1.807, 2.05) is 6.07 Å². The van der Waals surface area contributed by atoms with Crippen molar-refractivity contribution in [2.24, 2.45) is 11.7 Å². The highest BCUT2D eigenvalue weighted by Crippen LogP contribution is 2.22. The molecule has 0 spiro atoms. The fourth-order valence-electron chi connectivity index (χ4n) is 1.41. The molecule has 3 heteroatoms. The fourth-order valence-corrected chi connectivity index (χ4v) is 1.61. The Balaban J connectivity index is 2.80. The molecule has 1 aromatic carbocycles. The molecule has 1 nitrogen and oxygen atoms in total. The van der Waals surface area contributed by atoms with Gasteiger partial charge >= 0.3 is 0 Å². The molecule has 0 aromatic heterocycles. The van der Waals surface area contributed by atoms with Crippen molar-refractivity contribution < 1.29 is 4.39 Å². The van der Waals surface area contributed by atoms with E-state index in [0.29, 0.717) is 12.5 Å². The van der Waals surface area contributed by atoms with Gasteiger partial charge in [0.2, 0.25) is 0 Å². The topological polar surface area (TPSA) is 26.0 Å². The van der Waals surface area contributed by atoms with Crippen LogP contribution in [-0.4, -0.2) is 6.54 Å². The molecule has 0 heterocycles. The lowest BCUT2D eigenvalue weighted by Crippen LogP contribution is -2.16. The molecular formula is C11H15ClFN. The van der Waals surface area contributed by atoms with Crippen LogP contribution in [-0.2, 0) is 6.42 Å². The van der Waals surface area contributed by atoms with Gasteiger partial charge in [-0.25, -0.2) is 4.39 Å². The predicted molar refractivity (Wildman–Crippen MR) is 57.9 cm³/mol.